The molecule has 2 unspecified atom stereocenters. The van der Waals surface area contributed by atoms with E-state index < -0.39 is 0 Å². The summed E-state index contributed by atoms with van der Waals surface area (Å²) in [6.07, 6.45) is 11.5. The molecule has 0 radical (unpaired) electrons. The van der Waals surface area contributed by atoms with E-state index in [0.29, 0.717) is 0 Å². The lowest BCUT2D eigenvalue weighted by Crippen LogP contribution is -2.48. The van der Waals surface area contributed by atoms with Crippen molar-refractivity contribution in [1.82, 2.24) is 9.13 Å². The Hall–Kier alpha value is -1.44. The van der Waals surface area contributed by atoms with Crippen molar-refractivity contribution in [2.24, 2.45) is 5.92 Å². The molecule has 1 fully saturated rings. The van der Waals surface area contributed by atoms with E-state index in [1.807, 2.05) is 0 Å². The molecule has 2 aliphatic heterocycles. The number of fused-ring (bicyclic) bond motifs is 8. The van der Waals surface area contributed by atoms with Gasteiger partial charge in [0.25, 0.3) is 0 Å². The van der Waals surface area contributed by atoms with Crippen LogP contribution in [0.5, 0.6) is 0 Å². The zero-order valence-electron chi connectivity index (χ0n) is 12.1. The van der Waals surface area contributed by atoms with Crippen molar-refractivity contribution in [2.75, 3.05) is 0 Å². The molecule has 3 bridgehead atoms. The Morgan fingerprint density at radius 2 is 1.50 bits per heavy atom. The van der Waals surface area contributed by atoms with E-state index in [0.717, 1.165) is 18.0 Å². The van der Waals surface area contributed by atoms with Crippen LogP contribution < -0.4 is 0 Å². The highest BCUT2D eigenvalue weighted by molar-refractivity contribution is 5.38. The summed E-state index contributed by atoms with van der Waals surface area (Å²) in [4.78, 5) is 0. The fraction of sp³-hybridized carbons (Fsp3) is 0.556. The summed E-state index contributed by atoms with van der Waals surface area (Å²) in [5.74, 6) is 0.822. The van der Waals surface area contributed by atoms with Crippen molar-refractivity contribution in [3.05, 3.63) is 48.0 Å². The third-order valence-electron chi connectivity index (χ3n) is 6.41. The molecule has 104 valence electrons. The summed E-state index contributed by atoms with van der Waals surface area (Å²) in [5, 5.41) is 0. The number of hydrogen-bond donors (Lipinski definition) is 0. The molecule has 2 aromatic heterocycles. The van der Waals surface area contributed by atoms with Gasteiger partial charge in [-0.1, -0.05) is 0 Å². The maximum atomic E-state index is 2.60. The fourth-order valence-electron chi connectivity index (χ4n) is 5.41. The molecule has 2 atom stereocenters. The third-order valence-corrected chi connectivity index (χ3v) is 6.41. The van der Waals surface area contributed by atoms with E-state index in [2.05, 4.69) is 52.7 Å². The molecule has 2 aromatic rings. The summed E-state index contributed by atoms with van der Waals surface area (Å²) < 4.78 is 5.19. The topological polar surface area (TPSA) is 9.86 Å². The van der Waals surface area contributed by atoms with Gasteiger partial charge in [0.15, 0.2) is 0 Å². The van der Waals surface area contributed by atoms with E-state index in [1.54, 1.807) is 11.4 Å². The summed E-state index contributed by atoms with van der Waals surface area (Å²) in [6, 6.07) is 10.8. The van der Waals surface area contributed by atoms with E-state index in [1.165, 1.54) is 32.1 Å². The first-order valence-electron chi connectivity index (χ1n) is 8.13. The van der Waals surface area contributed by atoms with Gasteiger partial charge in [-0.2, -0.15) is 0 Å². The Bertz CT molecular complexity index is 610. The monoisotopic (exact) mass is 266 g/mol. The zero-order chi connectivity index (χ0) is 13.3. The molecule has 0 spiro atoms. The van der Waals surface area contributed by atoms with E-state index >= 15 is 0 Å². The summed E-state index contributed by atoms with van der Waals surface area (Å²) in [7, 11) is 0. The minimum atomic E-state index is 0.220. The minimum absolute atomic E-state index is 0.220. The Morgan fingerprint density at radius 1 is 0.950 bits per heavy atom. The summed E-state index contributed by atoms with van der Waals surface area (Å²) >= 11 is 0. The molecular weight excluding hydrogens is 244 g/mol. The van der Waals surface area contributed by atoms with Gasteiger partial charge >= 0.3 is 0 Å². The molecule has 2 nitrogen and oxygen atoms in total. The van der Waals surface area contributed by atoms with Gasteiger partial charge in [0.2, 0.25) is 0 Å². The van der Waals surface area contributed by atoms with Gasteiger partial charge < -0.3 is 9.13 Å². The normalized spacial score (nSPS) is 38.0. The second-order valence-corrected chi connectivity index (χ2v) is 7.21. The second kappa shape index (κ2) is 3.60. The van der Waals surface area contributed by atoms with Crippen LogP contribution in [0.4, 0.5) is 0 Å². The Kier molecular flexibility index (Phi) is 2.03. The number of hydrogen-bond acceptors (Lipinski definition) is 0. The predicted molar refractivity (Wildman–Crippen MR) is 80.0 cm³/mol. The summed E-state index contributed by atoms with van der Waals surface area (Å²) in [6.45, 7) is 2.49. The van der Waals surface area contributed by atoms with Crippen LogP contribution in [0.1, 0.15) is 62.5 Å². The van der Waals surface area contributed by atoms with Crippen LogP contribution >= 0.6 is 0 Å². The van der Waals surface area contributed by atoms with Gasteiger partial charge in [0.05, 0.1) is 5.41 Å². The van der Waals surface area contributed by atoms with Crippen molar-refractivity contribution < 1.29 is 0 Å². The molecule has 0 amide bonds. The second-order valence-electron chi connectivity index (χ2n) is 7.21. The van der Waals surface area contributed by atoms with Crippen LogP contribution in [0.3, 0.4) is 0 Å². The third kappa shape index (κ3) is 1.17. The van der Waals surface area contributed by atoms with Gasteiger partial charge in [-0.15, -0.1) is 0 Å². The lowest BCUT2D eigenvalue weighted by molar-refractivity contribution is 0.115. The van der Waals surface area contributed by atoms with Crippen LogP contribution in [0.2, 0.25) is 0 Å². The van der Waals surface area contributed by atoms with Crippen LogP contribution in [-0.4, -0.2) is 9.13 Å². The summed E-state index contributed by atoms with van der Waals surface area (Å²) in [5.41, 5.74) is 3.33. The van der Waals surface area contributed by atoms with Crippen LogP contribution in [0.25, 0.3) is 0 Å². The first-order chi connectivity index (χ1) is 9.78. The van der Waals surface area contributed by atoms with Crippen molar-refractivity contribution in [3.63, 3.8) is 0 Å². The van der Waals surface area contributed by atoms with Crippen molar-refractivity contribution >= 4 is 0 Å². The predicted octanol–water partition coefficient (Wildman–Crippen LogP) is 4.29. The largest absolute Gasteiger partial charge is 0.347 e. The van der Waals surface area contributed by atoms with Crippen LogP contribution in [0, 0.1) is 5.92 Å². The van der Waals surface area contributed by atoms with Crippen molar-refractivity contribution in [1.29, 1.82) is 0 Å². The molecule has 1 aliphatic carbocycles. The molecule has 4 heterocycles. The van der Waals surface area contributed by atoms with Crippen molar-refractivity contribution in [2.45, 2.75) is 56.5 Å². The smallest absolute Gasteiger partial charge is 0.0509 e. The van der Waals surface area contributed by atoms with Gasteiger partial charge in [-0.3, -0.25) is 0 Å². The Balaban J connectivity index is 1.84. The van der Waals surface area contributed by atoms with Crippen molar-refractivity contribution in [3.8, 4) is 0 Å². The molecule has 0 aromatic carbocycles. The number of aromatic nitrogens is 2. The molecule has 0 saturated heterocycles. The van der Waals surface area contributed by atoms with E-state index in [9.17, 15) is 0 Å². The highest BCUT2D eigenvalue weighted by atomic mass is 15.1. The molecular formula is C18H22N2. The first-order valence-corrected chi connectivity index (χ1v) is 8.13. The first kappa shape index (κ1) is 11.2. The maximum Gasteiger partial charge on any atom is 0.0509 e. The average Bonchev–Trinajstić information content (AvgIpc) is 3.07. The number of nitrogens with zero attached hydrogens (tertiary/aromatic N) is 2. The lowest BCUT2D eigenvalue weighted by Gasteiger charge is -2.52. The molecule has 3 aliphatic rings. The molecule has 5 rings (SSSR count). The van der Waals surface area contributed by atoms with Crippen LogP contribution in [-0.2, 0) is 5.41 Å². The average molecular weight is 266 g/mol. The van der Waals surface area contributed by atoms with Gasteiger partial charge in [-0.05, 0) is 69.2 Å². The van der Waals surface area contributed by atoms with Crippen LogP contribution in [0.15, 0.2) is 36.7 Å². The minimum Gasteiger partial charge on any atom is -0.347 e. The number of rotatable bonds is 0. The Morgan fingerprint density at radius 3 is 2.05 bits per heavy atom. The maximum absolute atomic E-state index is 2.60. The SMILES string of the molecule is CC12c3cccn3C3CCCC(CC1C3)n1cccc12. The molecule has 0 N–H and O–H groups in total. The zero-order valence-corrected chi connectivity index (χ0v) is 12.1. The fourth-order valence-corrected chi connectivity index (χ4v) is 5.41. The standard InChI is InChI=1S/C18H22N2/c1-18-13-11-14(19-9-3-7-16(18)19)5-2-6-15(12-13)20-10-4-8-17(18)20/h3-4,7-10,13-15H,2,5-6,11-12H2,1H3. The lowest BCUT2D eigenvalue weighted by atomic mass is 9.61. The van der Waals surface area contributed by atoms with Gasteiger partial charge in [-0.25, -0.2) is 0 Å². The van der Waals surface area contributed by atoms with Gasteiger partial charge in [0, 0.05) is 35.9 Å². The van der Waals surface area contributed by atoms with E-state index in [-0.39, 0.29) is 5.41 Å². The quantitative estimate of drug-likeness (QED) is 0.673. The molecule has 20 heavy (non-hydrogen) atoms. The Labute approximate surface area is 120 Å². The molecule has 1 saturated carbocycles. The highest BCUT2D eigenvalue weighted by Gasteiger charge is 2.50. The van der Waals surface area contributed by atoms with Gasteiger partial charge in [0.1, 0.15) is 0 Å². The van der Waals surface area contributed by atoms with E-state index in [4.69, 9.17) is 0 Å². The molecule has 2 heteroatoms. The highest BCUT2D eigenvalue weighted by Crippen LogP contribution is 2.56.